The molecule has 2 unspecified atom stereocenters. The fraction of sp³-hybridized carbons (Fsp3) is 0.923. The van der Waals surface area contributed by atoms with Gasteiger partial charge in [-0.05, 0) is 31.2 Å². The Bertz CT molecular complexity index is 243. The van der Waals surface area contributed by atoms with Crippen LogP contribution in [0.3, 0.4) is 0 Å². The van der Waals surface area contributed by atoms with E-state index in [1.807, 2.05) is 0 Å². The standard InChI is InChI=1S/C13H27N3O/c1-10(2)4-6-15-13(17)9-16-7-5-11(3)12(14)8-16/h10-12H,4-9,14H2,1-3H3,(H,15,17). The monoisotopic (exact) mass is 241 g/mol. The van der Waals surface area contributed by atoms with Crippen LogP contribution in [0.1, 0.15) is 33.6 Å². The van der Waals surface area contributed by atoms with Gasteiger partial charge in [0.05, 0.1) is 6.54 Å². The van der Waals surface area contributed by atoms with Crippen molar-refractivity contribution in [3.63, 3.8) is 0 Å². The van der Waals surface area contributed by atoms with E-state index in [9.17, 15) is 4.79 Å². The topological polar surface area (TPSA) is 58.4 Å². The molecule has 0 aliphatic carbocycles. The minimum atomic E-state index is 0.132. The van der Waals surface area contributed by atoms with Gasteiger partial charge in [-0.1, -0.05) is 20.8 Å². The molecule has 0 spiro atoms. The van der Waals surface area contributed by atoms with Crippen LogP contribution in [0.25, 0.3) is 0 Å². The maximum Gasteiger partial charge on any atom is 0.234 e. The van der Waals surface area contributed by atoms with Gasteiger partial charge in [-0.3, -0.25) is 9.69 Å². The van der Waals surface area contributed by atoms with Crippen molar-refractivity contribution in [2.75, 3.05) is 26.2 Å². The fourth-order valence-electron chi connectivity index (χ4n) is 2.07. The molecule has 4 heteroatoms. The summed E-state index contributed by atoms with van der Waals surface area (Å²) in [6.07, 6.45) is 2.14. The van der Waals surface area contributed by atoms with Gasteiger partial charge in [-0.15, -0.1) is 0 Å². The largest absolute Gasteiger partial charge is 0.355 e. The lowest BCUT2D eigenvalue weighted by Crippen LogP contribution is -2.50. The van der Waals surface area contributed by atoms with Crippen molar-refractivity contribution in [1.29, 1.82) is 0 Å². The summed E-state index contributed by atoms with van der Waals surface area (Å²) < 4.78 is 0. The van der Waals surface area contributed by atoms with Crippen molar-refractivity contribution in [3.8, 4) is 0 Å². The van der Waals surface area contributed by atoms with Crippen LogP contribution in [0.5, 0.6) is 0 Å². The molecule has 0 aromatic carbocycles. The van der Waals surface area contributed by atoms with Gasteiger partial charge in [0, 0.05) is 19.1 Å². The Labute approximate surface area is 105 Å². The third-order valence-corrected chi connectivity index (χ3v) is 3.51. The van der Waals surface area contributed by atoms with Crippen LogP contribution >= 0.6 is 0 Å². The normalized spacial score (nSPS) is 26.2. The zero-order valence-electron chi connectivity index (χ0n) is 11.4. The van der Waals surface area contributed by atoms with Crippen molar-refractivity contribution in [2.45, 2.75) is 39.7 Å². The fourth-order valence-corrected chi connectivity index (χ4v) is 2.07. The van der Waals surface area contributed by atoms with Gasteiger partial charge in [-0.2, -0.15) is 0 Å². The molecule has 17 heavy (non-hydrogen) atoms. The van der Waals surface area contributed by atoms with Gasteiger partial charge in [0.25, 0.3) is 0 Å². The summed E-state index contributed by atoms with van der Waals surface area (Å²) in [5.74, 6) is 1.35. The highest BCUT2D eigenvalue weighted by Crippen LogP contribution is 2.14. The second-order valence-corrected chi connectivity index (χ2v) is 5.70. The Morgan fingerprint density at radius 1 is 1.53 bits per heavy atom. The number of carbonyl (C=O) groups is 1. The highest BCUT2D eigenvalue weighted by molar-refractivity contribution is 5.77. The molecular formula is C13H27N3O. The molecule has 1 aliphatic rings. The molecule has 1 saturated heterocycles. The number of hydrogen-bond acceptors (Lipinski definition) is 3. The van der Waals surface area contributed by atoms with Crippen molar-refractivity contribution in [2.24, 2.45) is 17.6 Å². The molecule has 0 radical (unpaired) electrons. The molecular weight excluding hydrogens is 214 g/mol. The van der Waals surface area contributed by atoms with Crippen LogP contribution in [0.15, 0.2) is 0 Å². The molecule has 0 bridgehead atoms. The van der Waals surface area contributed by atoms with Crippen molar-refractivity contribution in [3.05, 3.63) is 0 Å². The first-order valence-corrected chi connectivity index (χ1v) is 6.73. The lowest BCUT2D eigenvalue weighted by atomic mass is 9.94. The molecule has 0 aromatic rings. The molecule has 1 rings (SSSR count). The Morgan fingerprint density at radius 3 is 2.82 bits per heavy atom. The van der Waals surface area contributed by atoms with E-state index in [1.165, 1.54) is 0 Å². The number of nitrogens with two attached hydrogens (primary N) is 1. The summed E-state index contributed by atoms with van der Waals surface area (Å²) in [5, 5.41) is 2.97. The molecule has 1 heterocycles. The first-order valence-electron chi connectivity index (χ1n) is 6.73. The maximum atomic E-state index is 11.7. The molecule has 0 aromatic heterocycles. The zero-order valence-corrected chi connectivity index (χ0v) is 11.4. The van der Waals surface area contributed by atoms with E-state index in [1.54, 1.807) is 0 Å². The SMILES string of the molecule is CC(C)CCNC(=O)CN1CCC(C)C(N)C1. The van der Waals surface area contributed by atoms with Crippen LogP contribution in [0, 0.1) is 11.8 Å². The van der Waals surface area contributed by atoms with Gasteiger partial charge in [0.1, 0.15) is 0 Å². The number of carbonyl (C=O) groups excluding carboxylic acids is 1. The smallest absolute Gasteiger partial charge is 0.234 e. The Hall–Kier alpha value is -0.610. The minimum absolute atomic E-state index is 0.132. The third-order valence-electron chi connectivity index (χ3n) is 3.51. The number of piperidine rings is 1. The summed E-state index contributed by atoms with van der Waals surface area (Å²) in [4.78, 5) is 13.8. The van der Waals surface area contributed by atoms with E-state index in [0.29, 0.717) is 18.4 Å². The van der Waals surface area contributed by atoms with E-state index in [2.05, 4.69) is 31.0 Å². The van der Waals surface area contributed by atoms with Crippen molar-refractivity contribution in [1.82, 2.24) is 10.2 Å². The van der Waals surface area contributed by atoms with E-state index < -0.39 is 0 Å². The minimum Gasteiger partial charge on any atom is -0.355 e. The maximum absolute atomic E-state index is 11.7. The molecule has 100 valence electrons. The van der Waals surface area contributed by atoms with Crippen LogP contribution in [0.2, 0.25) is 0 Å². The predicted molar refractivity (Wildman–Crippen MR) is 70.7 cm³/mol. The molecule has 1 fully saturated rings. The van der Waals surface area contributed by atoms with Crippen LogP contribution in [0.4, 0.5) is 0 Å². The first kappa shape index (κ1) is 14.5. The number of amides is 1. The highest BCUT2D eigenvalue weighted by atomic mass is 16.2. The predicted octanol–water partition coefficient (Wildman–Crippen LogP) is 0.818. The summed E-state index contributed by atoms with van der Waals surface area (Å²) in [7, 11) is 0. The zero-order chi connectivity index (χ0) is 12.8. The average molecular weight is 241 g/mol. The van der Waals surface area contributed by atoms with Gasteiger partial charge in [0.15, 0.2) is 0 Å². The molecule has 1 amide bonds. The third kappa shape index (κ3) is 5.50. The lowest BCUT2D eigenvalue weighted by molar-refractivity contribution is -0.122. The summed E-state index contributed by atoms with van der Waals surface area (Å²) >= 11 is 0. The number of hydrogen-bond donors (Lipinski definition) is 2. The highest BCUT2D eigenvalue weighted by Gasteiger charge is 2.24. The molecule has 3 N–H and O–H groups in total. The molecule has 1 aliphatic heterocycles. The van der Waals surface area contributed by atoms with Crippen molar-refractivity contribution < 1.29 is 4.79 Å². The van der Waals surface area contributed by atoms with Crippen LogP contribution < -0.4 is 11.1 Å². The quantitative estimate of drug-likeness (QED) is 0.749. The molecule has 2 atom stereocenters. The second-order valence-electron chi connectivity index (χ2n) is 5.70. The number of rotatable bonds is 5. The van der Waals surface area contributed by atoms with E-state index >= 15 is 0 Å². The van der Waals surface area contributed by atoms with Gasteiger partial charge < -0.3 is 11.1 Å². The number of nitrogens with zero attached hydrogens (tertiary/aromatic N) is 1. The van der Waals surface area contributed by atoms with E-state index in [0.717, 1.165) is 32.5 Å². The Morgan fingerprint density at radius 2 is 2.24 bits per heavy atom. The van der Waals surface area contributed by atoms with E-state index in [-0.39, 0.29) is 11.9 Å². The van der Waals surface area contributed by atoms with Crippen LogP contribution in [-0.2, 0) is 4.79 Å². The second kappa shape index (κ2) is 6.97. The summed E-state index contributed by atoms with van der Waals surface area (Å²) in [6, 6.07) is 0.215. The van der Waals surface area contributed by atoms with Crippen LogP contribution in [-0.4, -0.2) is 43.0 Å². The number of nitrogens with one attached hydrogen (secondary N) is 1. The van der Waals surface area contributed by atoms with Gasteiger partial charge >= 0.3 is 0 Å². The van der Waals surface area contributed by atoms with Gasteiger partial charge in [-0.25, -0.2) is 0 Å². The summed E-state index contributed by atoms with van der Waals surface area (Å²) in [6.45, 7) is 9.63. The molecule has 0 saturated carbocycles. The average Bonchev–Trinajstić information content (AvgIpc) is 2.23. The van der Waals surface area contributed by atoms with Gasteiger partial charge in [0.2, 0.25) is 5.91 Å². The number of likely N-dealkylation sites (tertiary alicyclic amines) is 1. The Balaban J connectivity index is 2.18. The summed E-state index contributed by atoms with van der Waals surface area (Å²) in [5.41, 5.74) is 6.01. The molecule has 4 nitrogen and oxygen atoms in total. The van der Waals surface area contributed by atoms with E-state index in [4.69, 9.17) is 5.73 Å². The van der Waals surface area contributed by atoms with Crippen molar-refractivity contribution >= 4 is 5.91 Å². The lowest BCUT2D eigenvalue weighted by Gasteiger charge is -2.34. The Kier molecular flexibility index (Phi) is 5.92. The first-order chi connectivity index (χ1) is 7.99.